The molecule has 0 unspecified atom stereocenters. The van der Waals surface area contributed by atoms with E-state index in [1.165, 1.54) is 0 Å². The van der Waals surface area contributed by atoms with Crippen molar-refractivity contribution in [3.05, 3.63) is 501 Å². The molecular weight excluding hydrogens is 1560 g/mol. The highest BCUT2D eigenvalue weighted by atomic mass is 16.5. The Kier molecular flexibility index (Phi) is 24.6. The lowest BCUT2D eigenvalue weighted by atomic mass is 10.0. The zero-order valence-electron chi connectivity index (χ0n) is 68.8. The van der Waals surface area contributed by atoms with Gasteiger partial charge in [-0.3, -0.25) is 19.2 Å². The van der Waals surface area contributed by atoms with E-state index in [4.69, 9.17) is 37.9 Å². The van der Waals surface area contributed by atoms with Gasteiger partial charge < -0.3 is 37.9 Å². The molecule has 12 heteroatoms. The first-order valence-electron chi connectivity index (χ1n) is 41.8. The van der Waals surface area contributed by atoms with Gasteiger partial charge in [-0.1, -0.05) is 303 Å². The molecular formula is C114H84O12. The molecule has 0 spiro atoms. The summed E-state index contributed by atoms with van der Waals surface area (Å²) in [4.78, 5) is 52.3. The smallest absolute Gasteiger partial charge is 0.193 e. The number of ketones is 4. The van der Waals surface area contributed by atoms with E-state index in [-0.39, 0.29) is 49.6 Å². The maximum absolute atomic E-state index is 13.1. The van der Waals surface area contributed by atoms with Crippen molar-refractivity contribution in [1.29, 1.82) is 0 Å². The van der Waals surface area contributed by atoms with Crippen molar-refractivity contribution in [3.8, 4) is 46.0 Å². The molecule has 12 nitrogen and oxygen atoms in total. The first-order valence-corrected chi connectivity index (χ1v) is 41.8. The summed E-state index contributed by atoms with van der Waals surface area (Å²) in [5, 5.41) is 8.19. The Morgan fingerprint density at radius 1 is 0.159 bits per heavy atom. The molecule has 0 saturated carbocycles. The number of carbonyl (C=O) groups is 4. The standard InChI is InChI=1S/C114H84O12/c115-111(87-13-5-1-6-14-87)91-35-23-77(24-36-91)69-119-103-51-47-95-55-83(31-43-99(95)63-103)73-123-107-59-81(60-108(67-107)124-74-84-32-44-100-64-104(52-48-96(100)56-84)120-70-78-25-37-92(38-26-78)112(116)88-15-7-2-8-16-88)21-22-82-61-109(125-75-85-33-45-101-65-105(53-49-97(101)57-85)121-71-79-27-39-93(40-28-79)113(117)89-17-9-3-10-18-89)68-110(62-82)126-76-86-34-46-102-66-106(54-50-98(102)58-86)122-72-80-29-41-94(42-30-80)114(118)90-19-11-4-12-20-90/h1-68H,69-76H2/b22-21-. The highest BCUT2D eigenvalue weighted by Gasteiger charge is 2.17. The number of carbonyl (C=O) groups excluding carboxylic acids is 4. The topological polar surface area (TPSA) is 142 Å². The first kappa shape index (κ1) is 80.9. The van der Waals surface area contributed by atoms with Crippen LogP contribution in [-0.4, -0.2) is 23.1 Å². The SMILES string of the molecule is O=C(c1ccccc1)c1ccc(COc2ccc3cc(COc4cc(/C=C\c5cc(OCc6ccc7cc(OCc8ccc(C(=O)c9ccccc9)cc8)ccc7c6)cc(OCc6ccc7cc(OCc8ccc(C(=O)c9ccccc9)cc8)ccc7c6)c5)cc(OCc5ccc6cc(OCc7ccc(C(=O)c8ccccc8)cc7)ccc6c5)c4)ccc3c2)cc1. The molecule has 0 atom stereocenters. The van der Waals surface area contributed by atoms with Crippen LogP contribution in [0, 0.1) is 0 Å². The second-order valence-electron chi connectivity index (χ2n) is 31.1. The van der Waals surface area contributed by atoms with Gasteiger partial charge in [0.25, 0.3) is 0 Å². The lowest BCUT2D eigenvalue weighted by Crippen LogP contribution is -2.02. The normalized spacial score (nSPS) is 11.2. The summed E-state index contributed by atoms with van der Waals surface area (Å²) in [5.74, 6) is 5.27. The van der Waals surface area contributed by atoms with Crippen molar-refractivity contribution in [1.82, 2.24) is 0 Å². The van der Waals surface area contributed by atoms with Crippen LogP contribution in [0.25, 0.3) is 55.2 Å². The average Bonchev–Trinajstić information content (AvgIpc) is 0.828. The summed E-state index contributed by atoms with van der Waals surface area (Å²) in [6, 6.07) is 129. The minimum absolute atomic E-state index is 0.0206. The summed E-state index contributed by atoms with van der Waals surface area (Å²) in [6.07, 6.45) is 4.08. The molecule has 0 radical (unpaired) electrons. The molecule has 0 aliphatic carbocycles. The average molecular weight is 1650 g/mol. The van der Waals surface area contributed by atoms with Crippen LogP contribution in [0.1, 0.15) is 119 Å². The molecule has 0 aliphatic rings. The molecule has 0 N–H and O–H groups in total. The van der Waals surface area contributed by atoms with Gasteiger partial charge in [-0.25, -0.2) is 0 Å². The third-order valence-electron chi connectivity index (χ3n) is 22.0. The molecule has 126 heavy (non-hydrogen) atoms. The van der Waals surface area contributed by atoms with Crippen LogP contribution in [0.4, 0.5) is 0 Å². The predicted octanol–water partition coefficient (Wildman–Crippen LogP) is 26.0. The molecule has 0 fully saturated rings. The number of hydrogen-bond acceptors (Lipinski definition) is 12. The van der Waals surface area contributed by atoms with Crippen molar-refractivity contribution in [2.24, 2.45) is 0 Å². The minimum atomic E-state index is -0.0206. The van der Waals surface area contributed by atoms with Crippen molar-refractivity contribution < 1.29 is 57.1 Å². The molecule has 612 valence electrons. The van der Waals surface area contributed by atoms with E-state index >= 15 is 0 Å². The monoisotopic (exact) mass is 1640 g/mol. The molecule has 0 amide bonds. The van der Waals surface area contributed by atoms with E-state index in [2.05, 4.69) is 97.1 Å². The number of ether oxygens (including phenoxy) is 8. The van der Waals surface area contributed by atoms with Crippen molar-refractivity contribution in [3.63, 3.8) is 0 Å². The molecule has 18 rings (SSSR count). The van der Waals surface area contributed by atoms with E-state index in [9.17, 15) is 19.2 Å². The summed E-state index contributed by atoms with van der Waals surface area (Å²) >= 11 is 0. The highest BCUT2D eigenvalue weighted by molar-refractivity contribution is 6.11. The van der Waals surface area contributed by atoms with E-state index in [0.29, 0.717) is 93.9 Å². The van der Waals surface area contributed by atoms with Crippen LogP contribution in [0.3, 0.4) is 0 Å². The Bertz CT molecular complexity index is 6170. The van der Waals surface area contributed by atoms with Crippen molar-refractivity contribution in [2.45, 2.75) is 52.9 Å². The Hall–Kier alpha value is -16.2. The third kappa shape index (κ3) is 20.5. The Labute approximate surface area is 730 Å². The van der Waals surface area contributed by atoms with E-state index in [1.807, 2.05) is 315 Å². The van der Waals surface area contributed by atoms with Gasteiger partial charge in [-0.2, -0.15) is 0 Å². The van der Waals surface area contributed by atoms with Gasteiger partial charge in [0.2, 0.25) is 0 Å². The molecule has 0 saturated heterocycles. The van der Waals surface area contributed by atoms with Crippen LogP contribution in [0.15, 0.2) is 400 Å². The summed E-state index contributed by atoms with van der Waals surface area (Å²) in [7, 11) is 0. The lowest BCUT2D eigenvalue weighted by molar-refractivity contribution is 0.103. The van der Waals surface area contributed by atoms with E-state index in [0.717, 1.165) is 122 Å². The zero-order valence-corrected chi connectivity index (χ0v) is 68.8. The Morgan fingerprint density at radius 2 is 0.333 bits per heavy atom. The summed E-state index contributed by atoms with van der Waals surface area (Å²) in [6.45, 7) is 2.47. The molecule has 18 aromatic rings. The van der Waals surface area contributed by atoms with Gasteiger partial charge in [0.05, 0.1) is 0 Å². The Morgan fingerprint density at radius 3 is 0.556 bits per heavy atom. The first-order chi connectivity index (χ1) is 61.9. The maximum Gasteiger partial charge on any atom is 0.193 e. The largest absolute Gasteiger partial charge is 0.489 e. The highest BCUT2D eigenvalue weighted by Crippen LogP contribution is 2.34. The molecule has 0 aromatic heterocycles. The van der Waals surface area contributed by atoms with Gasteiger partial charge in [0.15, 0.2) is 23.1 Å². The van der Waals surface area contributed by atoms with Gasteiger partial charge in [-0.05, 0) is 196 Å². The quantitative estimate of drug-likeness (QED) is 0.0280. The van der Waals surface area contributed by atoms with Crippen molar-refractivity contribution in [2.75, 3.05) is 0 Å². The van der Waals surface area contributed by atoms with Gasteiger partial charge >= 0.3 is 0 Å². The third-order valence-corrected chi connectivity index (χ3v) is 22.0. The zero-order chi connectivity index (χ0) is 85.3. The van der Waals surface area contributed by atoms with Gasteiger partial charge in [0.1, 0.15) is 98.9 Å². The van der Waals surface area contributed by atoms with Crippen LogP contribution in [0.2, 0.25) is 0 Å². The molecule has 0 heterocycles. The van der Waals surface area contributed by atoms with Gasteiger partial charge in [-0.15, -0.1) is 0 Å². The van der Waals surface area contributed by atoms with Crippen LogP contribution in [0.5, 0.6) is 46.0 Å². The van der Waals surface area contributed by atoms with E-state index < -0.39 is 0 Å². The number of fused-ring (bicyclic) bond motifs is 4. The number of rotatable bonds is 34. The fourth-order valence-electron chi connectivity index (χ4n) is 15.1. The molecule has 0 bridgehead atoms. The van der Waals surface area contributed by atoms with Crippen LogP contribution < -0.4 is 37.9 Å². The van der Waals surface area contributed by atoms with Crippen molar-refractivity contribution >= 4 is 78.4 Å². The second kappa shape index (κ2) is 38.3. The van der Waals surface area contributed by atoms with Crippen LogP contribution >= 0.6 is 0 Å². The fraction of sp³-hybridized carbons (Fsp3) is 0.0702. The number of hydrogen-bond donors (Lipinski definition) is 0. The Balaban J connectivity index is 0.581. The molecule has 18 aromatic carbocycles. The molecule has 0 aliphatic heterocycles. The van der Waals surface area contributed by atoms with Gasteiger partial charge in [0, 0.05) is 56.6 Å². The minimum Gasteiger partial charge on any atom is -0.489 e. The van der Waals surface area contributed by atoms with E-state index in [1.54, 1.807) is 0 Å². The fourth-order valence-corrected chi connectivity index (χ4v) is 15.1. The summed E-state index contributed by atoms with van der Waals surface area (Å²) < 4.78 is 52.0. The predicted molar refractivity (Wildman–Crippen MR) is 498 cm³/mol. The second-order valence-corrected chi connectivity index (χ2v) is 31.1. The number of benzene rings is 18. The van der Waals surface area contributed by atoms with Crippen LogP contribution in [-0.2, 0) is 52.9 Å². The summed E-state index contributed by atoms with van der Waals surface area (Å²) in [5.41, 5.74) is 14.4. The lowest BCUT2D eigenvalue weighted by Gasteiger charge is -2.14. The maximum atomic E-state index is 13.1.